The Kier molecular flexibility index (Phi) is 4.74. The summed E-state index contributed by atoms with van der Waals surface area (Å²) in [6, 6.07) is 0. The van der Waals surface area contributed by atoms with Crippen molar-refractivity contribution >= 4 is 11.9 Å². The van der Waals surface area contributed by atoms with Crippen LogP contribution in [0.2, 0.25) is 0 Å². The highest BCUT2D eigenvalue weighted by molar-refractivity contribution is 5.87. The van der Waals surface area contributed by atoms with Crippen molar-refractivity contribution in [1.29, 1.82) is 0 Å². The van der Waals surface area contributed by atoms with Gasteiger partial charge >= 0.3 is 5.97 Å². The van der Waals surface area contributed by atoms with Gasteiger partial charge in [0.05, 0.1) is 5.92 Å². The monoisotopic (exact) mass is 216 g/mol. The zero-order valence-electron chi connectivity index (χ0n) is 9.78. The molecule has 3 N–H and O–H groups in total. The number of nitrogens with zero attached hydrogens (tertiary/aromatic N) is 1. The Hall–Kier alpha value is -1.10. The highest BCUT2D eigenvalue weighted by Crippen LogP contribution is 2.16. The van der Waals surface area contributed by atoms with Crippen LogP contribution < -0.4 is 5.73 Å². The summed E-state index contributed by atoms with van der Waals surface area (Å²) in [6.45, 7) is 5.10. The van der Waals surface area contributed by atoms with Crippen molar-refractivity contribution < 1.29 is 14.7 Å². The molecule has 1 unspecified atom stereocenters. The number of carbonyl (C=O) groups excluding carboxylic acids is 1. The summed E-state index contributed by atoms with van der Waals surface area (Å²) in [6.07, 6.45) is 0.620. The van der Waals surface area contributed by atoms with Crippen LogP contribution in [0.15, 0.2) is 0 Å². The maximum absolute atomic E-state index is 11.8. The van der Waals surface area contributed by atoms with Gasteiger partial charge in [0.2, 0.25) is 5.91 Å². The van der Waals surface area contributed by atoms with E-state index in [1.54, 1.807) is 0 Å². The third-order valence-electron chi connectivity index (χ3n) is 2.82. The van der Waals surface area contributed by atoms with E-state index in [9.17, 15) is 9.59 Å². The normalized spacial score (nSPS) is 13.4. The Morgan fingerprint density at radius 3 is 2.20 bits per heavy atom. The summed E-state index contributed by atoms with van der Waals surface area (Å²) in [5, 5.41) is 8.96. The smallest absolute Gasteiger partial charge is 0.329 e. The Morgan fingerprint density at radius 2 is 1.93 bits per heavy atom. The van der Waals surface area contributed by atoms with Gasteiger partial charge in [0.15, 0.2) is 0 Å². The molecule has 0 aromatic heterocycles. The fourth-order valence-electron chi connectivity index (χ4n) is 1.13. The number of carboxylic acids is 1. The van der Waals surface area contributed by atoms with Gasteiger partial charge in [0.25, 0.3) is 0 Å². The molecule has 0 aromatic carbocycles. The van der Waals surface area contributed by atoms with E-state index >= 15 is 0 Å². The lowest BCUT2D eigenvalue weighted by atomic mass is 9.99. The first-order chi connectivity index (χ1) is 6.78. The van der Waals surface area contributed by atoms with Crippen molar-refractivity contribution in [2.75, 3.05) is 13.6 Å². The minimum atomic E-state index is -1.19. The molecule has 1 amide bonds. The van der Waals surface area contributed by atoms with E-state index in [-0.39, 0.29) is 18.4 Å². The standard InChI is InChI=1S/C10H20N2O3/c1-5-7(6-11)8(13)12(4)10(2,3)9(14)15/h7H,5-6,11H2,1-4H3,(H,14,15). The summed E-state index contributed by atoms with van der Waals surface area (Å²) in [4.78, 5) is 24.0. The summed E-state index contributed by atoms with van der Waals surface area (Å²) in [5.41, 5.74) is 4.25. The Bertz CT molecular complexity index is 247. The van der Waals surface area contributed by atoms with Gasteiger partial charge in [-0.1, -0.05) is 6.92 Å². The quantitative estimate of drug-likeness (QED) is 0.692. The highest BCUT2D eigenvalue weighted by Gasteiger charge is 2.36. The van der Waals surface area contributed by atoms with Crippen LogP contribution in [0.5, 0.6) is 0 Å². The van der Waals surface area contributed by atoms with Gasteiger partial charge < -0.3 is 15.7 Å². The van der Waals surface area contributed by atoms with E-state index in [2.05, 4.69) is 0 Å². The van der Waals surface area contributed by atoms with E-state index in [4.69, 9.17) is 10.8 Å². The molecule has 5 nitrogen and oxygen atoms in total. The number of hydrogen-bond donors (Lipinski definition) is 2. The SMILES string of the molecule is CCC(CN)C(=O)N(C)C(C)(C)C(=O)O. The summed E-state index contributed by atoms with van der Waals surface area (Å²) >= 11 is 0. The number of rotatable bonds is 5. The zero-order valence-corrected chi connectivity index (χ0v) is 9.78. The number of aliphatic carboxylic acids is 1. The average Bonchev–Trinajstić information content (AvgIpc) is 2.17. The molecule has 0 saturated heterocycles. The van der Waals surface area contributed by atoms with Crippen molar-refractivity contribution in [2.45, 2.75) is 32.7 Å². The van der Waals surface area contributed by atoms with Crippen molar-refractivity contribution in [2.24, 2.45) is 11.7 Å². The fourth-order valence-corrected chi connectivity index (χ4v) is 1.13. The van der Waals surface area contributed by atoms with Gasteiger partial charge in [0.1, 0.15) is 5.54 Å². The molecular weight excluding hydrogens is 196 g/mol. The lowest BCUT2D eigenvalue weighted by molar-refractivity contribution is -0.156. The number of amides is 1. The number of hydrogen-bond acceptors (Lipinski definition) is 3. The molecule has 5 heteroatoms. The molecule has 0 radical (unpaired) electrons. The minimum absolute atomic E-state index is 0.215. The number of nitrogens with two attached hydrogens (primary N) is 1. The number of carboxylic acid groups (broad SMARTS) is 1. The predicted octanol–water partition coefficient (Wildman–Crippen LogP) is 0.293. The van der Waals surface area contributed by atoms with Crippen LogP contribution in [0.1, 0.15) is 27.2 Å². The molecule has 1 atom stereocenters. The first kappa shape index (κ1) is 13.9. The molecule has 88 valence electrons. The van der Waals surface area contributed by atoms with E-state index in [1.165, 1.54) is 25.8 Å². The lowest BCUT2D eigenvalue weighted by Gasteiger charge is -2.33. The van der Waals surface area contributed by atoms with Crippen LogP contribution in [0, 0.1) is 5.92 Å². The Labute approximate surface area is 90.2 Å². The average molecular weight is 216 g/mol. The van der Waals surface area contributed by atoms with Crippen LogP contribution in [0.4, 0.5) is 0 Å². The molecule has 0 aliphatic carbocycles. The van der Waals surface area contributed by atoms with Crippen LogP contribution >= 0.6 is 0 Å². The molecule has 0 aliphatic rings. The van der Waals surface area contributed by atoms with Crippen molar-refractivity contribution in [1.82, 2.24) is 4.90 Å². The van der Waals surface area contributed by atoms with Gasteiger partial charge in [-0.3, -0.25) is 4.79 Å². The molecule has 0 spiro atoms. The summed E-state index contributed by atoms with van der Waals surface area (Å²) in [7, 11) is 1.49. The molecule has 0 aromatic rings. The van der Waals surface area contributed by atoms with Gasteiger partial charge in [-0.05, 0) is 20.3 Å². The van der Waals surface area contributed by atoms with Crippen molar-refractivity contribution in [3.8, 4) is 0 Å². The Morgan fingerprint density at radius 1 is 1.47 bits per heavy atom. The van der Waals surface area contributed by atoms with Gasteiger partial charge in [0, 0.05) is 13.6 Å². The number of likely N-dealkylation sites (N-methyl/N-ethyl adjacent to an activating group) is 1. The third-order valence-corrected chi connectivity index (χ3v) is 2.82. The molecular formula is C10H20N2O3. The molecule has 0 bridgehead atoms. The molecule has 0 aliphatic heterocycles. The molecule has 0 fully saturated rings. The van der Waals surface area contributed by atoms with E-state index in [0.717, 1.165) is 0 Å². The topological polar surface area (TPSA) is 83.6 Å². The molecule has 0 saturated carbocycles. The molecule has 0 heterocycles. The fraction of sp³-hybridized carbons (Fsp3) is 0.800. The van der Waals surface area contributed by atoms with E-state index in [0.29, 0.717) is 6.42 Å². The second-order valence-corrected chi connectivity index (χ2v) is 4.10. The second-order valence-electron chi connectivity index (χ2n) is 4.10. The maximum atomic E-state index is 11.8. The van der Waals surface area contributed by atoms with Crippen LogP contribution in [-0.2, 0) is 9.59 Å². The van der Waals surface area contributed by atoms with Gasteiger partial charge in [-0.15, -0.1) is 0 Å². The summed E-state index contributed by atoms with van der Waals surface area (Å²) < 4.78 is 0. The second kappa shape index (κ2) is 5.11. The minimum Gasteiger partial charge on any atom is -0.480 e. The molecule has 0 rings (SSSR count). The third kappa shape index (κ3) is 2.92. The van der Waals surface area contributed by atoms with Gasteiger partial charge in [-0.25, -0.2) is 4.79 Å². The predicted molar refractivity (Wildman–Crippen MR) is 57.3 cm³/mol. The summed E-state index contributed by atoms with van der Waals surface area (Å²) in [5.74, 6) is -1.54. The van der Waals surface area contributed by atoms with E-state index < -0.39 is 11.5 Å². The lowest BCUT2D eigenvalue weighted by Crippen LogP contribution is -2.53. The van der Waals surface area contributed by atoms with Crippen LogP contribution in [0.3, 0.4) is 0 Å². The first-order valence-corrected chi connectivity index (χ1v) is 5.00. The molecule has 15 heavy (non-hydrogen) atoms. The van der Waals surface area contributed by atoms with Crippen molar-refractivity contribution in [3.63, 3.8) is 0 Å². The van der Waals surface area contributed by atoms with E-state index in [1.807, 2.05) is 6.92 Å². The van der Waals surface area contributed by atoms with Crippen LogP contribution in [0.25, 0.3) is 0 Å². The maximum Gasteiger partial charge on any atom is 0.329 e. The Balaban J connectivity index is 4.77. The first-order valence-electron chi connectivity index (χ1n) is 5.00. The van der Waals surface area contributed by atoms with Crippen molar-refractivity contribution in [3.05, 3.63) is 0 Å². The van der Waals surface area contributed by atoms with Gasteiger partial charge in [-0.2, -0.15) is 0 Å². The number of carbonyl (C=O) groups is 2. The zero-order chi connectivity index (χ0) is 12.2. The van der Waals surface area contributed by atoms with Crippen LogP contribution in [-0.4, -0.2) is 41.0 Å². The highest BCUT2D eigenvalue weighted by atomic mass is 16.4. The largest absolute Gasteiger partial charge is 0.480 e.